The maximum Gasteiger partial charge on any atom is 0.326 e. The van der Waals surface area contributed by atoms with E-state index in [1.54, 1.807) is 19.1 Å². The van der Waals surface area contributed by atoms with Crippen molar-refractivity contribution in [1.29, 1.82) is 0 Å². The Hall–Kier alpha value is -3.32. The van der Waals surface area contributed by atoms with Gasteiger partial charge < -0.3 is 37.6 Å². The summed E-state index contributed by atoms with van der Waals surface area (Å²) in [5, 5.41) is 26.7. The van der Waals surface area contributed by atoms with Crippen LogP contribution in [0, 0.1) is 5.92 Å². The van der Waals surface area contributed by atoms with Crippen LogP contribution in [0.2, 0.25) is 0 Å². The zero-order valence-corrected chi connectivity index (χ0v) is 22.8. The molecule has 0 heterocycles. The second-order valence-electron chi connectivity index (χ2n) is 9.09. The molecule has 5 unspecified atom stereocenters. The summed E-state index contributed by atoms with van der Waals surface area (Å²) >= 11 is 1.43. The highest BCUT2D eigenvalue weighted by atomic mass is 32.2. The number of amides is 4. The molecule has 0 saturated carbocycles. The lowest BCUT2D eigenvalue weighted by Crippen LogP contribution is -2.58. The zero-order chi connectivity index (χ0) is 28.8. The summed E-state index contributed by atoms with van der Waals surface area (Å²) < 4.78 is 0. The van der Waals surface area contributed by atoms with Crippen LogP contribution < -0.4 is 27.4 Å². The third-order valence-electron chi connectivity index (χ3n) is 6.11. The molecule has 0 aliphatic heterocycles. The van der Waals surface area contributed by atoms with Crippen molar-refractivity contribution >= 4 is 41.4 Å². The van der Waals surface area contributed by atoms with Gasteiger partial charge in [0.05, 0.1) is 6.04 Å². The van der Waals surface area contributed by atoms with Crippen LogP contribution in [0.25, 0.3) is 0 Å². The first-order valence-electron chi connectivity index (χ1n) is 12.3. The first-order chi connectivity index (χ1) is 17.9. The number of hydrogen-bond acceptors (Lipinski definition) is 8. The minimum absolute atomic E-state index is 0.0209. The second kappa shape index (κ2) is 16.5. The average molecular weight is 554 g/mol. The van der Waals surface area contributed by atoms with Crippen LogP contribution in [0.5, 0.6) is 5.75 Å². The summed E-state index contributed by atoms with van der Waals surface area (Å²) in [5.41, 5.74) is 11.8. The molecule has 38 heavy (non-hydrogen) atoms. The molecule has 5 atom stereocenters. The largest absolute Gasteiger partial charge is 0.508 e. The Labute approximate surface area is 226 Å². The number of aliphatic carboxylic acids is 1. The Morgan fingerprint density at radius 2 is 1.45 bits per heavy atom. The highest BCUT2D eigenvalue weighted by Crippen LogP contribution is 2.12. The molecule has 4 amide bonds. The lowest BCUT2D eigenvalue weighted by Gasteiger charge is -2.26. The number of carbonyl (C=O) groups is 5. The molecule has 12 nitrogen and oxygen atoms in total. The number of primary amides is 1. The van der Waals surface area contributed by atoms with E-state index in [1.807, 2.05) is 13.2 Å². The molecule has 13 heteroatoms. The summed E-state index contributed by atoms with van der Waals surface area (Å²) in [6.07, 6.45) is 2.30. The highest BCUT2D eigenvalue weighted by Gasteiger charge is 2.31. The molecule has 9 N–H and O–H groups in total. The molecule has 1 rings (SSSR count). The van der Waals surface area contributed by atoms with Crippen LogP contribution in [0.3, 0.4) is 0 Å². The van der Waals surface area contributed by atoms with Gasteiger partial charge in [-0.25, -0.2) is 4.79 Å². The maximum absolute atomic E-state index is 13.1. The van der Waals surface area contributed by atoms with Crippen LogP contribution in [-0.2, 0) is 30.4 Å². The van der Waals surface area contributed by atoms with Gasteiger partial charge in [0.15, 0.2) is 0 Å². The monoisotopic (exact) mass is 553 g/mol. The number of phenolic OH excluding ortho intramolecular Hbond substituents is 1. The minimum Gasteiger partial charge on any atom is -0.508 e. The van der Waals surface area contributed by atoms with Crippen molar-refractivity contribution < 1.29 is 34.2 Å². The Morgan fingerprint density at radius 1 is 0.921 bits per heavy atom. The predicted octanol–water partition coefficient (Wildman–Crippen LogP) is -0.134. The molecule has 0 aliphatic rings. The third-order valence-corrected chi connectivity index (χ3v) is 6.75. The van der Waals surface area contributed by atoms with Crippen molar-refractivity contribution in [2.45, 2.75) is 70.1 Å². The molecule has 0 aromatic heterocycles. The van der Waals surface area contributed by atoms with Gasteiger partial charge in [0.1, 0.15) is 23.9 Å². The lowest BCUT2D eigenvalue weighted by atomic mass is 9.98. The van der Waals surface area contributed by atoms with Gasteiger partial charge in [-0.1, -0.05) is 32.4 Å². The van der Waals surface area contributed by atoms with Gasteiger partial charge in [0, 0.05) is 12.8 Å². The minimum atomic E-state index is -1.29. The molecular weight excluding hydrogens is 514 g/mol. The van der Waals surface area contributed by atoms with Gasteiger partial charge in [0.25, 0.3) is 0 Å². The molecule has 0 fully saturated rings. The van der Waals surface area contributed by atoms with Gasteiger partial charge in [-0.15, -0.1) is 0 Å². The molecule has 0 saturated heterocycles. The summed E-state index contributed by atoms with van der Waals surface area (Å²) in [6.45, 7) is 3.67. The first-order valence-corrected chi connectivity index (χ1v) is 13.7. The predicted molar refractivity (Wildman–Crippen MR) is 144 cm³/mol. The molecule has 0 bridgehead atoms. The van der Waals surface area contributed by atoms with E-state index in [0.717, 1.165) is 0 Å². The molecule has 212 valence electrons. The van der Waals surface area contributed by atoms with Crippen molar-refractivity contribution in [3.05, 3.63) is 29.8 Å². The normalized spacial score (nSPS) is 14.8. The number of nitrogens with two attached hydrogens (primary N) is 2. The highest BCUT2D eigenvalue weighted by molar-refractivity contribution is 7.98. The van der Waals surface area contributed by atoms with Gasteiger partial charge in [-0.2, -0.15) is 11.8 Å². The number of benzene rings is 1. The van der Waals surface area contributed by atoms with Crippen molar-refractivity contribution in [3.63, 3.8) is 0 Å². The summed E-state index contributed by atoms with van der Waals surface area (Å²) in [7, 11) is 0. The first kappa shape index (κ1) is 32.7. The fraction of sp³-hybridized carbons (Fsp3) is 0.560. The number of nitrogens with one attached hydrogen (secondary N) is 3. The number of carboxylic acids is 1. The van der Waals surface area contributed by atoms with Crippen LogP contribution in [0.1, 0.15) is 45.1 Å². The van der Waals surface area contributed by atoms with E-state index in [4.69, 9.17) is 11.5 Å². The smallest absolute Gasteiger partial charge is 0.326 e. The number of aromatic hydroxyl groups is 1. The quantitative estimate of drug-likeness (QED) is 0.137. The standard InChI is InChI=1S/C25H39N5O7S/c1-4-14(2)21(27)24(35)29-17(9-10-20(26)32)22(33)28-18(11-12-38-3)23(34)30-19(25(36)37)13-15-5-7-16(31)8-6-15/h5-8,14,17-19,21,31H,4,9-13,27H2,1-3H3,(H2,26,32)(H,28,33)(H,29,35)(H,30,34)(H,36,37). The number of thioether (sulfide) groups is 1. The molecule has 0 radical (unpaired) electrons. The van der Waals surface area contributed by atoms with Gasteiger partial charge in [-0.05, 0) is 48.5 Å². The number of phenols is 1. The van der Waals surface area contributed by atoms with Gasteiger partial charge >= 0.3 is 5.97 Å². The van der Waals surface area contributed by atoms with Crippen LogP contribution in [0.4, 0.5) is 0 Å². The molecule has 1 aromatic carbocycles. The van der Waals surface area contributed by atoms with E-state index in [2.05, 4.69) is 16.0 Å². The number of hydrogen-bond donors (Lipinski definition) is 7. The van der Waals surface area contributed by atoms with Crippen molar-refractivity contribution in [2.75, 3.05) is 12.0 Å². The van der Waals surface area contributed by atoms with E-state index in [-0.39, 0.29) is 37.4 Å². The Balaban J connectivity index is 3.03. The average Bonchev–Trinajstić information content (AvgIpc) is 2.88. The maximum atomic E-state index is 13.1. The summed E-state index contributed by atoms with van der Waals surface area (Å²) in [6, 6.07) is 1.45. The number of rotatable bonds is 17. The van der Waals surface area contributed by atoms with Crippen molar-refractivity contribution in [2.24, 2.45) is 17.4 Å². The fourth-order valence-electron chi connectivity index (χ4n) is 3.45. The Kier molecular flexibility index (Phi) is 14.2. The zero-order valence-electron chi connectivity index (χ0n) is 21.9. The van der Waals surface area contributed by atoms with Crippen LogP contribution in [0.15, 0.2) is 24.3 Å². The summed E-state index contributed by atoms with van der Waals surface area (Å²) in [5.74, 6) is -3.60. The Morgan fingerprint density at radius 3 is 1.95 bits per heavy atom. The molecule has 0 spiro atoms. The Bertz CT molecular complexity index is 960. The SMILES string of the molecule is CCC(C)C(N)C(=O)NC(CCC(N)=O)C(=O)NC(CCSC)C(=O)NC(Cc1ccc(O)cc1)C(=O)O. The fourth-order valence-corrected chi connectivity index (χ4v) is 3.92. The second-order valence-corrected chi connectivity index (χ2v) is 10.1. The molecular formula is C25H39N5O7S. The van der Waals surface area contributed by atoms with Gasteiger partial charge in [0.2, 0.25) is 23.6 Å². The third kappa shape index (κ3) is 11.4. The molecule has 1 aromatic rings. The van der Waals surface area contributed by atoms with E-state index < -0.39 is 53.8 Å². The van der Waals surface area contributed by atoms with E-state index >= 15 is 0 Å². The summed E-state index contributed by atoms with van der Waals surface area (Å²) in [4.78, 5) is 62.0. The van der Waals surface area contributed by atoms with Crippen LogP contribution in [-0.4, -0.2) is 76.0 Å². The topological polar surface area (TPSA) is 214 Å². The van der Waals surface area contributed by atoms with Crippen molar-refractivity contribution in [3.8, 4) is 5.75 Å². The van der Waals surface area contributed by atoms with Gasteiger partial charge in [-0.3, -0.25) is 19.2 Å². The van der Waals surface area contributed by atoms with E-state index in [0.29, 0.717) is 17.7 Å². The van der Waals surface area contributed by atoms with Crippen LogP contribution >= 0.6 is 11.8 Å². The van der Waals surface area contributed by atoms with E-state index in [1.165, 1.54) is 23.9 Å². The number of carbonyl (C=O) groups excluding carboxylic acids is 4. The lowest BCUT2D eigenvalue weighted by molar-refractivity contribution is -0.142. The molecule has 0 aliphatic carbocycles. The number of carboxylic acid groups (broad SMARTS) is 1. The van der Waals surface area contributed by atoms with Crippen molar-refractivity contribution in [1.82, 2.24) is 16.0 Å². The van der Waals surface area contributed by atoms with E-state index in [9.17, 15) is 34.2 Å².